The number of anilines is 1. The van der Waals surface area contributed by atoms with E-state index in [4.69, 9.17) is 9.15 Å². The van der Waals surface area contributed by atoms with Crippen molar-refractivity contribution in [2.75, 3.05) is 25.0 Å². The van der Waals surface area contributed by atoms with E-state index >= 15 is 0 Å². The maximum Gasteiger partial charge on any atom is 0.241 e. The van der Waals surface area contributed by atoms with Crippen molar-refractivity contribution in [1.82, 2.24) is 10.6 Å². The number of hydrogen-bond acceptors (Lipinski definition) is 4. The van der Waals surface area contributed by atoms with Gasteiger partial charge in [0.05, 0.1) is 12.4 Å². The van der Waals surface area contributed by atoms with Gasteiger partial charge in [0.1, 0.15) is 18.1 Å². The number of hydrogen-bond donors (Lipinski definition) is 3. The molecule has 0 aliphatic carbocycles. The largest absolute Gasteiger partial charge is 0.491 e. The Bertz CT molecular complexity index is 709. The molecule has 7 nitrogen and oxygen atoms in total. The molecule has 0 saturated heterocycles. The minimum atomic E-state index is -0.120. The van der Waals surface area contributed by atoms with Crippen LogP contribution in [0.3, 0.4) is 0 Å². The summed E-state index contributed by atoms with van der Waals surface area (Å²) in [4.78, 5) is 16.1. The average molecular weight is 372 g/mol. The Labute approximate surface area is 160 Å². The lowest BCUT2D eigenvalue weighted by molar-refractivity contribution is -0.119. The first-order valence-electron chi connectivity index (χ1n) is 9.18. The summed E-state index contributed by atoms with van der Waals surface area (Å²) in [5, 5.41) is 9.16. The van der Waals surface area contributed by atoms with Crippen molar-refractivity contribution in [1.29, 1.82) is 0 Å². The number of furan rings is 1. The van der Waals surface area contributed by atoms with E-state index in [1.54, 1.807) is 6.26 Å². The predicted octanol–water partition coefficient (Wildman–Crippen LogP) is 2.80. The number of nitrogens with zero attached hydrogens (tertiary/aromatic N) is 1. The van der Waals surface area contributed by atoms with Crippen molar-refractivity contribution < 1.29 is 13.9 Å². The number of rotatable bonds is 9. The Balaban J connectivity index is 1.97. The predicted molar refractivity (Wildman–Crippen MR) is 107 cm³/mol. The highest BCUT2D eigenvalue weighted by Gasteiger charge is 2.05. The Morgan fingerprint density at radius 3 is 2.59 bits per heavy atom. The highest BCUT2D eigenvalue weighted by Crippen LogP contribution is 2.16. The van der Waals surface area contributed by atoms with E-state index in [0.717, 1.165) is 23.6 Å². The highest BCUT2D eigenvalue weighted by molar-refractivity contribution is 5.95. The second kappa shape index (κ2) is 10.9. The first-order chi connectivity index (χ1) is 13.1. The minimum Gasteiger partial charge on any atom is -0.491 e. The standard InChI is InChI=1S/C20H28N4O3/c1-4-21-19(25)14-23-20(22-12-11-17-6-5-13-26-17)24-16-7-9-18(10-8-16)27-15(2)3/h5-10,13,15H,4,11-12,14H2,1-3H3,(H,21,25)(H2,22,23,24). The Kier molecular flexibility index (Phi) is 8.22. The summed E-state index contributed by atoms with van der Waals surface area (Å²) >= 11 is 0. The van der Waals surface area contributed by atoms with Crippen molar-refractivity contribution in [3.8, 4) is 5.75 Å². The fourth-order valence-corrected chi connectivity index (χ4v) is 2.33. The van der Waals surface area contributed by atoms with Gasteiger partial charge in [-0.3, -0.25) is 4.79 Å². The molecule has 1 aromatic carbocycles. The molecule has 0 atom stereocenters. The van der Waals surface area contributed by atoms with Gasteiger partial charge in [-0.05, 0) is 57.2 Å². The molecule has 0 spiro atoms. The molecule has 2 rings (SSSR count). The molecule has 146 valence electrons. The van der Waals surface area contributed by atoms with Crippen LogP contribution in [0.4, 0.5) is 5.69 Å². The van der Waals surface area contributed by atoms with E-state index < -0.39 is 0 Å². The van der Waals surface area contributed by atoms with E-state index in [0.29, 0.717) is 19.0 Å². The van der Waals surface area contributed by atoms with E-state index in [-0.39, 0.29) is 18.6 Å². The van der Waals surface area contributed by atoms with Crippen molar-refractivity contribution in [3.63, 3.8) is 0 Å². The third-order valence-electron chi connectivity index (χ3n) is 3.49. The quantitative estimate of drug-likeness (QED) is 0.465. The van der Waals surface area contributed by atoms with Crippen LogP contribution in [-0.2, 0) is 11.2 Å². The fourth-order valence-electron chi connectivity index (χ4n) is 2.33. The number of likely N-dealkylation sites (N-methyl/N-ethyl adjacent to an activating group) is 1. The molecule has 2 aromatic rings. The lowest BCUT2D eigenvalue weighted by Gasteiger charge is -2.14. The molecule has 0 aliphatic heterocycles. The molecule has 0 aliphatic rings. The van der Waals surface area contributed by atoms with Gasteiger partial charge >= 0.3 is 0 Å². The molecule has 0 bridgehead atoms. The Morgan fingerprint density at radius 1 is 1.19 bits per heavy atom. The second-order valence-electron chi connectivity index (χ2n) is 6.19. The molecule has 27 heavy (non-hydrogen) atoms. The maximum absolute atomic E-state index is 11.7. The SMILES string of the molecule is CCNC(=O)CN=C(NCCc1ccco1)Nc1ccc(OC(C)C)cc1. The van der Waals surface area contributed by atoms with Crippen LogP contribution in [0.2, 0.25) is 0 Å². The monoisotopic (exact) mass is 372 g/mol. The van der Waals surface area contributed by atoms with E-state index in [1.165, 1.54) is 0 Å². The number of ether oxygens (including phenoxy) is 1. The van der Waals surface area contributed by atoms with E-state index in [2.05, 4.69) is 20.9 Å². The van der Waals surface area contributed by atoms with Gasteiger partial charge in [0.25, 0.3) is 0 Å². The van der Waals surface area contributed by atoms with Crippen molar-refractivity contribution >= 4 is 17.6 Å². The highest BCUT2D eigenvalue weighted by atomic mass is 16.5. The number of guanidine groups is 1. The summed E-state index contributed by atoms with van der Waals surface area (Å²) < 4.78 is 11.0. The average Bonchev–Trinajstić information content (AvgIpc) is 3.14. The van der Waals surface area contributed by atoms with E-state index in [9.17, 15) is 4.79 Å². The number of nitrogens with one attached hydrogen (secondary N) is 3. The zero-order chi connectivity index (χ0) is 19.5. The van der Waals surface area contributed by atoms with Gasteiger partial charge in [0.2, 0.25) is 5.91 Å². The number of carbonyl (C=O) groups is 1. The summed E-state index contributed by atoms with van der Waals surface area (Å²) in [6.07, 6.45) is 2.50. The van der Waals surface area contributed by atoms with Gasteiger partial charge in [-0.15, -0.1) is 0 Å². The summed E-state index contributed by atoms with van der Waals surface area (Å²) in [6.45, 7) is 7.12. The Hall–Kier alpha value is -2.96. The molecule has 0 unspecified atom stereocenters. The molecular weight excluding hydrogens is 344 g/mol. The molecule has 0 radical (unpaired) electrons. The zero-order valence-electron chi connectivity index (χ0n) is 16.1. The summed E-state index contributed by atoms with van der Waals surface area (Å²) in [6, 6.07) is 11.4. The van der Waals surface area contributed by atoms with Crippen LogP contribution >= 0.6 is 0 Å². The molecule has 1 aromatic heterocycles. The van der Waals surface area contributed by atoms with Crippen molar-refractivity contribution in [2.24, 2.45) is 4.99 Å². The van der Waals surface area contributed by atoms with Gasteiger partial charge in [0.15, 0.2) is 5.96 Å². The molecule has 1 heterocycles. The van der Waals surface area contributed by atoms with Crippen LogP contribution in [0.1, 0.15) is 26.5 Å². The molecule has 0 fully saturated rings. The molecule has 0 saturated carbocycles. The first kappa shape index (κ1) is 20.4. The minimum absolute atomic E-state index is 0.0540. The van der Waals surface area contributed by atoms with Gasteiger partial charge in [0, 0.05) is 25.2 Å². The lowest BCUT2D eigenvalue weighted by atomic mass is 10.3. The number of carbonyl (C=O) groups excluding carboxylic acids is 1. The fraction of sp³-hybridized carbons (Fsp3) is 0.400. The number of amides is 1. The zero-order valence-corrected chi connectivity index (χ0v) is 16.1. The topological polar surface area (TPSA) is 87.9 Å². The maximum atomic E-state index is 11.7. The molecule has 3 N–H and O–H groups in total. The van der Waals surface area contributed by atoms with Gasteiger partial charge in [-0.2, -0.15) is 0 Å². The van der Waals surface area contributed by atoms with Crippen LogP contribution in [0.25, 0.3) is 0 Å². The molecule has 1 amide bonds. The Morgan fingerprint density at radius 2 is 1.96 bits per heavy atom. The smallest absolute Gasteiger partial charge is 0.241 e. The summed E-state index contributed by atoms with van der Waals surface area (Å²) in [5.74, 6) is 2.11. The van der Waals surface area contributed by atoms with Gasteiger partial charge < -0.3 is 25.1 Å². The second-order valence-corrected chi connectivity index (χ2v) is 6.19. The van der Waals surface area contributed by atoms with Crippen LogP contribution in [0.5, 0.6) is 5.75 Å². The number of benzene rings is 1. The summed E-state index contributed by atoms with van der Waals surface area (Å²) in [7, 11) is 0. The van der Waals surface area contributed by atoms with Crippen molar-refractivity contribution in [3.05, 3.63) is 48.4 Å². The first-order valence-corrected chi connectivity index (χ1v) is 9.18. The van der Waals surface area contributed by atoms with E-state index in [1.807, 2.05) is 57.2 Å². The third kappa shape index (κ3) is 7.85. The number of aliphatic imine (C=N–C) groups is 1. The third-order valence-corrected chi connectivity index (χ3v) is 3.49. The normalized spacial score (nSPS) is 11.3. The van der Waals surface area contributed by atoms with Crippen LogP contribution in [0, 0.1) is 0 Å². The van der Waals surface area contributed by atoms with Gasteiger partial charge in [-0.25, -0.2) is 4.99 Å². The van der Waals surface area contributed by atoms with Crippen molar-refractivity contribution in [2.45, 2.75) is 33.3 Å². The van der Waals surface area contributed by atoms with Gasteiger partial charge in [-0.1, -0.05) is 0 Å². The summed E-state index contributed by atoms with van der Waals surface area (Å²) in [5.41, 5.74) is 0.853. The molecular formula is C20H28N4O3. The van der Waals surface area contributed by atoms with Crippen LogP contribution in [-0.4, -0.2) is 37.6 Å². The lowest BCUT2D eigenvalue weighted by Crippen LogP contribution is -2.34. The molecule has 7 heteroatoms. The van der Waals surface area contributed by atoms with Crippen LogP contribution < -0.4 is 20.7 Å². The van der Waals surface area contributed by atoms with Crippen LogP contribution in [0.15, 0.2) is 52.1 Å².